The zero-order valence-electron chi connectivity index (χ0n) is 17.0. The molecule has 4 rings (SSSR count). The first-order chi connectivity index (χ1) is 14.1. The molecule has 3 aromatic rings. The molecule has 1 fully saturated rings. The molecule has 2 atom stereocenters. The van der Waals surface area contributed by atoms with Crippen LogP contribution in [0.2, 0.25) is 0 Å². The summed E-state index contributed by atoms with van der Waals surface area (Å²) in [6.45, 7) is 5.84. The van der Waals surface area contributed by atoms with Crippen LogP contribution in [-0.4, -0.2) is 28.4 Å². The SMILES string of the molecule is COCCn1c(C)cc([C@@H]2[C@@H](c3ccccn3)NC(=S)N2c2ccccc2)c1C. The van der Waals surface area contributed by atoms with Crippen LogP contribution < -0.4 is 10.2 Å². The van der Waals surface area contributed by atoms with Crippen molar-refractivity contribution in [2.24, 2.45) is 0 Å². The minimum Gasteiger partial charge on any atom is -0.383 e. The summed E-state index contributed by atoms with van der Waals surface area (Å²) in [7, 11) is 1.74. The summed E-state index contributed by atoms with van der Waals surface area (Å²) in [5, 5.41) is 4.25. The monoisotopic (exact) mass is 406 g/mol. The van der Waals surface area contributed by atoms with Gasteiger partial charge in [0.1, 0.15) is 0 Å². The Balaban J connectivity index is 1.83. The Morgan fingerprint density at radius 3 is 2.55 bits per heavy atom. The maximum absolute atomic E-state index is 5.79. The van der Waals surface area contributed by atoms with Gasteiger partial charge < -0.3 is 19.5 Å². The number of thiocarbonyl (C=S) groups is 1. The molecular weight excluding hydrogens is 380 g/mol. The predicted molar refractivity (Wildman–Crippen MR) is 120 cm³/mol. The molecule has 1 N–H and O–H groups in total. The van der Waals surface area contributed by atoms with E-state index in [1.54, 1.807) is 7.11 Å². The van der Waals surface area contributed by atoms with Crippen LogP contribution in [0, 0.1) is 13.8 Å². The number of nitrogens with zero attached hydrogens (tertiary/aromatic N) is 3. The van der Waals surface area contributed by atoms with Crippen molar-refractivity contribution < 1.29 is 4.74 Å². The van der Waals surface area contributed by atoms with E-state index in [1.807, 2.05) is 36.5 Å². The van der Waals surface area contributed by atoms with Crippen molar-refractivity contribution in [2.45, 2.75) is 32.5 Å². The van der Waals surface area contributed by atoms with Gasteiger partial charge in [-0.05, 0) is 62.0 Å². The second kappa shape index (κ2) is 8.35. The minimum absolute atomic E-state index is 0.0160. The van der Waals surface area contributed by atoms with Crippen molar-refractivity contribution >= 4 is 23.0 Å². The first-order valence-electron chi connectivity index (χ1n) is 9.83. The van der Waals surface area contributed by atoms with E-state index in [0.717, 1.165) is 23.0 Å². The fraction of sp³-hybridized carbons (Fsp3) is 0.304. The third-order valence-corrected chi connectivity index (χ3v) is 5.90. The summed E-state index contributed by atoms with van der Waals surface area (Å²) in [6, 6.07) is 18.6. The molecule has 0 radical (unpaired) electrons. The smallest absolute Gasteiger partial charge is 0.174 e. The molecule has 0 amide bonds. The summed E-state index contributed by atoms with van der Waals surface area (Å²) in [5.74, 6) is 0. The lowest BCUT2D eigenvalue weighted by Gasteiger charge is -2.28. The average molecular weight is 407 g/mol. The Morgan fingerprint density at radius 2 is 1.86 bits per heavy atom. The maximum Gasteiger partial charge on any atom is 0.174 e. The predicted octanol–water partition coefficient (Wildman–Crippen LogP) is 4.32. The number of anilines is 1. The van der Waals surface area contributed by atoms with Crippen LogP contribution in [0.1, 0.15) is 34.7 Å². The van der Waals surface area contributed by atoms with Gasteiger partial charge in [-0.15, -0.1) is 0 Å². The average Bonchev–Trinajstić information content (AvgIpc) is 3.23. The van der Waals surface area contributed by atoms with Crippen molar-refractivity contribution in [2.75, 3.05) is 18.6 Å². The molecule has 0 bridgehead atoms. The van der Waals surface area contributed by atoms with E-state index < -0.39 is 0 Å². The molecule has 0 spiro atoms. The summed E-state index contributed by atoms with van der Waals surface area (Å²) in [5.41, 5.74) is 5.78. The van der Waals surface area contributed by atoms with Gasteiger partial charge in [-0.2, -0.15) is 0 Å². The number of pyridine rings is 1. The van der Waals surface area contributed by atoms with Crippen LogP contribution in [-0.2, 0) is 11.3 Å². The number of ether oxygens (including phenoxy) is 1. The summed E-state index contributed by atoms with van der Waals surface area (Å²) in [4.78, 5) is 6.85. The van der Waals surface area contributed by atoms with E-state index in [0.29, 0.717) is 6.61 Å². The highest BCUT2D eigenvalue weighted by molar-refractivity contribution is 7.80. The molecule has 1 aliphatic heterocycles. The van der Waals surface area contributed by atoms with Crippen molar-refractivity contribution in [3.63, 3.8) is 0 Å². The van der Waals surface area contributed by atoms with Crippen LogP contribution in [0.3, 0.4) is 0 Å². The van der Waals surface area contributed by atoms with Crippen molar-refractivity contribution in [1.82, 2.24) is 14.9 Å². The number of para-hydroxylation sites is 1. The molecule has 0 aliphatic carbocycles. The Bertz CT molecular complexity index is 987. The standard InChI is InChI=1S/C23H26N4OS/c1-16-15-19(17(2)26(16)13-14-28-3)22-21(20-11-7-8-12-24-20)25-23(29)27(22)18-9-5-4-6-10-18/h4-12,15,21-22H,13-14H2,1-3H3,(H,25,29)/t21-,22-/m1/s1. The zero-order chi connectivity index (χ0) is 20.4. The number of aromatic nitrogens is 2. The Labute approximate surface area is 177 Å². The van der Waals surface area contributed by atoms with E-state index in [1.165, 1.54) is 17.0 Å². The molecule has 29 heavy (non-hydrogen) atoms. The molecule has 0 saturated carbocycles. The van der Waals surface area contributed by atoms with Crippen molar-refractivity contribution in [1.29, 1.82) is 0 Å². The highest BCUT2D eigenvalue weighted by Crippen LogP contribution is 2.43. The van der Waals surface area contributed by atoms with Crippen LogP contribution in [0.5, 0.6) is 0 Å². The van der Waals surface area contributed by atoms with E-state index in [-0.39, 0.29) is 12.1 Å². The number of nitrogens with one attached hydrogen (secondary N) is 1. The molecule has 3 heterocycles. The second-order valence-corrected chi connectivity index (χ2v) is 7.69. The lowest BCUT2D eigenvalue weighted by molar-refractivity contribution is 0.186. The van der Waals surface area contributed by atoms with Crippen molar-refractivity contribution in [3.05, 3.63) is 83.4 Å². The molecule has 1 aliphatic rings. The van der Waals surface area contributed by atoms with E-state index in [2.05, 4.69) is 57.9 Å². The van der Waals surface area contributed by atoms with Gasteiger partial charge in [0.2, 0.25) is 0 Å². The number of benzene rings is 1. The first kappa shape index (κ1) is 19.6. The van der Waals surface area contributed by atoms with Crippen LogP contribution in [0.25, 0.3) is 0 Å². The third kappa shape index (κ3) is 3.66. The number of hydrogen-bond acceptors (Lipinski definition) is 3. The van der Waals surface area contributed by atoms with Gasteiger partial charge in [0, 0.05) is 36.9 Å². The number of methoxy groups -OCH3 is 1. The minimum atomic E-state index is -0.0275. The van der Waals surface area contributed by atoms with Gasteiger partial charge in [0.15, 0.2) is 5.11 Å². The Morgan fingerprint density at radius 1 is 1.10 bits per heavy atom. The summed E-state index contributed by atoms with van der Waals surface area (Å²) in [6.07, 6.45) is 1.84. The molecule has 2 aromatic heterocycles. The normalized spacial score (nSPS) is 18.9. The van der Waals surface area contributed by atoms with Gasteiger partial charge in [-0.25, -0.2) is 0 Å². The highest BCUT2D eigenvalue weighted by atomic mass is 32.1. The number of hydrogen-bond donors (Lipinski definition) is 1. The maximum atomic E-state index is 5.79. The molecule has 1 saturated heterocycles. The molecule has 1 aromatic carbocycles. The quantitative estimate of drug-likeness (QED) is 0.618. The molecule has 6 heteroatoms. The molecule has 150 valence electrons. The third-order valence-electron chi connectivity index (χ3n) is 5.58. The second-order valence-electron chi connectivity index (χ2n) is 7.30. The summed E-state index contributed by atoms with van der Waals surface area (Å²) >= 11 is 5.79. The van der Waals surface area contributed by atoms with Gasteiger partial charge >= 0.3 is 0 Å². The zero-order valence-corrected chi connectivity index (χ0v) is 17.8. The van der Waals surface area contributed by atoms with Gasteiger partial charge in [-0.1, -0.05) is 24.3 Å². The fourth-order valence-electron chi connectivity index (χ4n) is 4.19. The Kier molecular flexibility index (Phi) is 5.65. The van der Waals surface area contributed by atoms with E-state index >= 15 is 0 Å². The fourth-order valence-corrected chi connectivity index (χ4v) is 4.54. The van der Waals surface area contributed by atoms with Crippen molar-refractivity contribution in [3.8, 4) is 0 Å². The number of rotatable bonds is 6. The Hall–Kier alpha value is -2.70. The van der Waals surface area contributed by atoms with E-state index in [9.17, 15) is 0 Å². The number of aryl methyl sites for hydroxylation is 1. The van der Waals surface area contributed by atoms with Gasteiger partial charge in [0.05, 0.1) is 24.4 Å². The van der Waals surface area contributed by atoms with Gasteiger partial charge in [-0.3, -0.25) is 4.98 Å². The largest absolute Gasteiger partial charge is 0.383 e. The van der Waals surface area contributed by atoms with Gasteiger partial charge in [0.25, 0.3) is 0 Å². The lowest BCUT2D eigenvalue weighted by Crippen LogP contribution is -2.29. The highest BCUT2D eigenvalue weighted by Gasteiger charge is 2.42. The van der Waals surface area contributed by atoms with Crippen LogP contribution in [0.4, 0.5) is 5.69 Å². The summed E-state index contributed by atoms with van der Waals surface area (Å²) < 4.78 is 7.63. The van der Waals surface area contributed by atoms with Crippen LogP contribution in [0.15, 0.2) is 60.8 Å². The first-order valence-corrected chi connectivity index (χ1v) is 10.2. The lowest BCUT2D eigenvalue weighted by atomic mass is 9.96. The topological polar surface area (TPSA) is 42.3 Å². The molecule has 5 nitrogen and oxygen atoms in total. The molecule has 0 unspecified atom stereocenters. The molecular formula is C23H26N4OS. The van der Waals surface area contributed by atoms with Crippen LogP contribution >= 0.6 is 12.2 Å². The van der Waals surface area contributed by atoms with E-state index in [4.69, 9.17) is 17.0 Å².